The Morgan fingerprint density at radius 3 is 2.40 bits per heavy atom. The molecule has 1 aromatic heterocycles. The van der Waals surface area contributed by atoms with Gasteiger partial charge in [0.15, 0.2) is 5.13 Å². The van der Waals surface area contributed by atoms with Crippen molar-refractivity contribution < 1.29 is 4.74 Å². The molecule has 5 heteroatoms. The van der Waals surface area contributed by atoms with Crippen LogP contribution in [0.5, 0.6) is 5.75 Å². The first-order chi connectivity index (χ1) is 12.3. The van der Waals surface area contributed by atoms with E-state index in [-0.39, 0.29) is 0 Å². The first-order valence-corrected chi connectivity index (χ1v) is 9.62. The molecule has 0 bridgehead atoms. The van der Waals surface area contributed by atoms with Gasteiger partial charge >= 0.3 is 0 Å². The number of aromatic nitrogens is 1. The van der Waals surface area contributed by atoms with Crippen LogP contribution in [0, 0.1) is 0 Å². The number of piperazine rings is 1. The standard InChI is InChI=1S/C20H23N3OS/c1-3-15-4-9-18-19(14-15)25-20(21-18)23-12-10-22(11-13-23)16-5-7-17(24-2)8-6-16/h4-9,14H,3,10-13H2,1-2H3. The quantitative estimate of drug-likeness (QED) is 0.703. The second-order valence-corrected chi connectivity index (χ2v) is 7.33. The van der Waals surface area contributed by atoms with E-state index in [1.54, 1.807) is 7.11 Å². The lowest BCUT2D eigenvalue weighted by atomic mass is 10.2. The summed E-state index contributed by atoms with van der Waals surface area (Å²) < 4.78 is 6.54. The van der Waals surface area contributed by atoms with Gasteiger partial charge in [0.1, 0.15) is 5.75 Å². The average molecular weight is 353 g/mol. The van der Waals surface area contributed by atoms with Crippen molar-refractivity contribution in [3.63, 3.8) is 0 Å². The largest absolute Gasteiger partial charge is 0.497 e. The molecule has 130 valence electrons. The number of rotatable bonds is 4. The number of thiazole rings is 1. The summed E-state index contributed by atoms with van der Waals surface area (Å²) in [6.07, 6.45) is 1.07. The normalized spacial score (nSPS) is 15.0. The molecule has 1 fully saturated rings. The molecular formula is C20H23N3OS. The van der Waals surface area contributed by atoms with Crippen LogP contribution >= 0.6 is 11.3 Å². The van der Waals surface area contributed by atoms with Gasteiger partial charge in [0.2, 0.25) is 0 Å². The third-order valence-corrected chi connectivity index (χ3v) is 5.92. The van der Waals surface area contributed by atoms with E-state index in [0.29, 0.717) is 0 Å². The smallest absolute Gasteiger partial charge is 0.186 e. The number of nitrogens with zero attached hydrogens (tertiary/aromatic N) is 3. The minimum Gasteiger partial charge on any atom is -0.497 e. The minimum absolute atomic E-state index is 0.906. The summed E-state index contributed by atoms with van der Waals surface area (Å²) in [5, 5.41) is 1.15. The van der Waals surface area contributed by atoms with E-state index in [1.165, 1.54) is 16.0 Å². The van der Waals surface area contributed by atoms with Crippen molar-refractivity contribution in [2.75, 3.05) is 43.1 Å². The van der Waals surface area contributed by atoms with Crippen LogP contribution in [0.2, 0.25) is 0 Å². The van der Waals surface area contributed by atoms with Gasteiger partial charge in [0.05, 0.1) is 17.3 Å². The van der Waals surface area contributed by atoms with Crippen molar-refractivity contribution in [1.82, 2.24) is 4.98 Å². The van der Waals surface area contributed by atoms with Crippen molar-refractivity contribution in [1.29, 1.82) is 0 Å². The summed E-state index contributed by atoms with van der Waals surface area (Å²) in [6.45, 7) is 6.24. The summed E-state index contributed by atoms with van der Waals surface area (Å²) in [5.41, 5.74) is 3.76. The van der Waals surface area contributed by atoms with E-state index in [9.17, 15) is 0 Å². The highest BCUT2D eigenvalue weighted by atomic mass is 32.1. The Balaban J connectivity index is 1.45. The van der Waals surface area contributed by atoms with Gasteiger partial charge in [-0.3, -0.25) is 0 Å². The highest BCUT2D eigenvalue weighted by Crippen LogP contribution is 2.31. The number of hydrogen-bond donors (Lipinski definition) is 0. The average Bonchev–Trinajstić information content (AvgIpc) is 3.11. The van der Waals surface area contributed by atoms with Crippen LogP contribution in [0.15, 0.2) is 42.5 Å². The summed E-state index contributed by atoms with van der Waals surface area (Å²) in [6, 6.07) is 15.0. The van der Waals surface area contributed by atoms with Gasteiger partial charge in [-0.15, -0.1) is 0 Å². The van der Waals surface area contributed by atoms with Gasteiger partial charge in [-0.2, -0.15) is 0 Å². The zero-order valence-corrected chi connectivity index (χ0v) is 15.6. The highest BCUT2D eigenvalue weighted by Gasteiger charge is 2.20. The van der Waals surface area contributed by atoms with E-state index < -0.39 is 0 Å². The fourth-order valence-corrected chi connectivity index (χ4v) is 4.34. The van der Waals surface area contributed by atoms with E-state index in [1.807, 2.05) is 23.5 Å². The molecule has 0 saturated carbocycles. The van der Waals surface area contributed by atoms with Crippen LogP contribution in [-0.4, -0.2) is 38.3 Å². The predicted octanol–water partition coefficient (Wildman–Crippen LogP) is 4.19. The number of methoxy groups -OCH3 is 1. The third-order valence-electron chi connectivity index (χ3n) is 4.84. The van der Waals surface area contributed by atoms with Crippen LogP contribution in [0.4, 0.5) is 10.8 Å². The molecule has 0 atom stereocenters. The number of aryl methyl sites for hydroxylation is 1. The van der Waals surface area contributed by atoms with Gasteiger partial charge in [0, 0.05) is 31.9 Å². The van der Waals surface area contributed by atoms with Gasteiger partial charge in [-0.1, -0.05) is 24.3 Å². The van der Waals surface area contributed by atoms with Crippen LogP contribution in [-0.2, 0) is 6.42 Å². The maximum atomic E-state index is 5.24. The van der Waals surface area contributed by atoms with Gasteiger partial charge in [-0.25, -0.2) is 4.98 Å². The van der Waals surface area contributed by atoms with Crippen molar-refractivity contribution in [3.05, 3.63) is 48.0 Å². The molecule has 1 saturated heterocycles. The summed E-state index contributed by atoms with van der Waals surface area (Å²) >= 11 is 1.82. The Morgan fingerprint density at radius 1 is 1.00 bits per heavy atom. The van der Waals surface area contributed by atoms with Crippen molar-refractivity contribution >= 4 is 32.4 Å². The van der Waals surface area contributed by atoms with Crippen molar-refractivity contribution in [2.45, 2.75) is 13.3 Å². The maximum absolute atomic E-state index is 5.24. The molecule has 3 aromatic rings. The molecule has 0 unspecified atom stereocenters. The van der Waals surface area contributed by atoms with E-state index >= 15 is 0 Å². The lowest BCUT2D eigenvalue weighted by Crippen LogP contribution is -2.46. The Hall–Kier alpha value is -2.27. The molecule has 25 heavy (non-hydrogen) atoms. The molecule has 0 N–H and O–H groups in total. The number of fused-ring (bicyclic) bond motifs is 1. The second kappa shape index (κ2) is 6.92. The fourth-order valence-electron chi connectivity index (χ4n) is 3.26. The fraction of sp³-hybridized carbons (Fsp3) is 0.350. The summed E-state index contributed by atoms with van der Waals surface area (Å²) in [4.78, 5) is 9.68. The van der Waals surface area contributed by atoms with Crippen LogP contribution < -0.4 is 14.5 Å². The zero-order chi connectivity index (χ0) is 17.2. The van der Waals surface area contributed by atoms with Gasteiger partial charge in [0.25, 0.3) is 0 Å². The monoisotopic (exact) mass is 353 g/mol. The van der Waals surface area contributed by atoms with Crippen molar-refractivity contribution in [3.8, 4) is 5.75 Å². The second-order valence-electron chi connectivity index (χ2n) is 6.32. The number of ether oxygens (including phenoxy) is 1. The third kappa shape index (κ3) is 3.29. The maximum Gasteiger partial charge on any atom is 0.186 e. The van der Waals surface area contributed by atoms with Gasteiger partial charge < -0.3 is 14.5 Å². The molecule has 0 amide bonds. The molecule has 0 radical (unpaired) electrons. The van der Waals surface area contributed by atoms with E-state index in [4.69, 9.17) is 9.72 Å². The first-order valence-electron chi connectivity index (χ1n) is 8.80. The topological polar surface area (TPSA) is 28.6 Å². The molecule has 4 rings (SSSR count). The number of anilines is 2. The zero-order valence-electron chi connectivity index (χ0n) is 14.7. The summed E-state index contributed by atoms with van der Waals surface area (Å²) in [7, 11) is 1.70. The van der Waals surface area contributed by atoms with E-state index in [0.717, 1.165) is 49.0 Å². The Labute approximate surface area is 152 Å². The highest BCUT2D eigenvalue weighted by molar-refractivity contribution is 7.22. The molecule has 0 aliphatic carbocycles. The molecule has 2 heterocycles. The molecule has 4 nitrogen and oxygen atoms in total. The molecule has 1 aliphatic rings. The molecular weight excluding hydrogens is 330 g/mol. The van der Waals surface area contributed by atoms with E-state index in [2.05, 4.69) is 47.1 Å². The molecule has 1 aliphatic heterocycles. The minimum atomic E-state index is 0.906. The van der Waals surface area contributed by atoms with Crippen LogP contribution in [0.1, 0.15) is 12.5 Å². The Bertz CT molecular complexity index is 851. The first kappa shape index (κ1) is 16.2. The number of benzene rings is 2. The van der Waals surface area contributed by atoms with Gasteiger partial charge in [-0.05, 0) is 48.4 Å². The van der Waals surface area contributed by atoms with Crippen molar-refractivity contribution in [2.24, 2.45) is 0 Å². The SMILES string of the molecule is CCc1ccc2nc(N3CCN(c4ccc(OC)cc4)CC3)sc2c1. The number of hydrogen-bond acceptors (Lipinski definition) is 5. The predicted molar refractivity (Wildman–Crippen MR) is 106 cm³/mol. The molecule has 0 spiro atoms. The van der Waals surface area contributed by atoms with Crippen LogP contribution in [0.3, 0.4) is 0 Å². The Morgan fingerprint density at radius 2 is 1.72 bits per heavy atom. The molecule has 2 aromatic carbocycles. The lowest BCUT2D eigenvalue weighted by Gasteiger charge is -2.36. The summed E-state index contributed by atoms with van der Waals surface area (Å²) in [5.74, 6) is 0.906. The van der Waals surface area contributed by atoms with Crippen LogP contribution in [0.25, 0.3) is 10.2 Å². The lowest BCUT2D eigenvalue weighted by molar-refractivity contribution is 0.415. The Kier molecular flexibility index (Phi) is 4.49.